The monoisotopic (exact) mass is 558 g/mol. The summed E-state index contributed by atoms with van der Waals surface area (Å²) >= 11 is -4.07. The molecule has 0 N–H and O–H groups in total. The first kappa shape index (κ1) is 23.1. The number of ketones is 1. The van der Waals surface area contributed by atoms with Gasteiger partial charge < -0.3 is 0 Å². The van der Waals surface area contributed by atoms with Gasteiger partial charge in [-0.15, -0.1) is 0 Å². The van der Waals surface area contributed by atoms with E-state index in [1.807, 2.05) is 48.5 Å². The molecule has 0 fully saturated rings. The van der Waals surface area contributed by atoms with Gasteiger partial charge in [-0.1, -0.05) is 0 Å². The van der Waals surface area contributed by atoms with E-state index in [0.717, 1.165) is 14.7 Å². The SMILES string of the molecule is O=C(/[C](=C/c1ccccc1)[Sn]([c]1ccccc1)([c]1ccccc1)[c]1ccccc1)c1ccccc1. The number of carbonyl (C=O) groups is 1. The van der Waals surface area contributed by atoms with E-state index in [9.17, 15) is 4.79 Å². The van der Waals surface area contributed by atoms with Crippen LogP contribution in [0.5, 0.6) is 0 Å². The van der Waals surface area contributed by atoms with E-state index in [2.05, 4.69) is 109 Å². The zero-order chi connectivity index (χ0) is 23.9. The van der Waals surface area contributed by atoms with E-state index in [4.69, 9.17) is 0 Å². The van der Waals surface area contributed by atoms with Crippen molar-refractivity contribution < 1.29 is 4.79 Å². The summed E-state index contributed by atoms with van der Waals surface area (Å²) in [4.78, 5) is 14.5. The molecule has 0 amide bonds. The molecule has 0 saturated carbocycles. The van der Waals surface area contributed by atoms with Gasteiger partial charge in [-0.05, 0) is 0 Å². The molecule has 0 spiro atoms. The van der Waals surface area contributed by atoms with Gasteiger partial charge in [-0.25, -0.2) is 0 Å². The third-order valence-electron chi connectivity index (χ3n) is 6.42. The number of allylic oxidation sites excluding steroid dienone is 1. The van der Waals surface area contributed by atoms with Gasteiger partial charge in [0.05, 0.1) is 0 Å². The van der Waals surface area contributed by atoms with E-state index in [-0.39, 0.29) is 5.78 Å². The molecule has 0 atom stereocenters. The number of benzene rings is 5. The van der Waals surface area contributed by atoms with Crippen LogP contribution in [0.15, 0.2) is 155 Å². The van der Waals surface area contributed by atoms with E-state index in [0.29, 0.717) is 0 Å². The van der Waals surface area contributed by atoms with E-state index in [1.54, 1.807) is 0 Å². The number of rotatable bonds is 7. The topological polar surface area (TPSA) is 17.1 Å². The van der Waals surface area contributed by atoms with Gasteiger partial charge >= 0.3 is 212 Å². The molecule has 0 unspecified atom stereocenters. The number of carbonyl (C=O) groups excluding carboxylic acids is 1. The Morgan fingerprint density at radius 2 is 0.800 bits per heavy atom. The fraction of sp³-hybridized carbons (Fsp3) is 0. The molecule has 1 nitrogen and oxygen atoms in total. The molecule has 0 heterocycles. The quantitative estimate of drug-likeness (QED) is 0.143. The molecule has 0 bridgehead atoms. The molecule has 168 valence electrons. The molecular weight excluding hydrogens is 531 g/mol. The minimum absolute atomic E-state index is 0.0989. The molecule has 0 radical (unpaired) electrons. The third-order valence-corrected chi connectivity index (χ3v) is 20.1. The standard InChI is InChI=1S/C15H11O.3C6H5.Sn/c16-15(14-9-5-2-6-10-14)12-11-13-7-3-1-4-8-13;3*1-2-4-6-5-3-1;/h1-11H;3*1-5H;. The Labute approximate surface area is 211 Å². The first-order valence-corrected chi connectivity index (χ1v) is 17.5. The van der Waals surface area contributed by atoms with Crippen molar-refractivity contribution in [3.63, 3.8) is 0 Å². The van der Waals surface area contributed by atoms with Crippen molar-refractivity contribution in [1.82, 2.24) is 0 Å². The zero-order valence-electron chi connectivity index (χ0n) is 19.4. The third kappa shape index (κ3) is 4.65. The van der Waals surface area contributed by atoms with Crippen LogP contribution in [-0.4, -0.2) is 24.2 Å². The van der Waals surface area contributed by atoms with Crippen LogP contribution < -0.4 is 10.7 Å². The van der Waals surface area contributed by atoms with Gasteiger partial charge in [0, 0.05) is 0 Å². The first-order valence-electron chi connectivity index (χ1n) is 11.8. The van der Waals surface area contributed by atoms with Gasteiger partial charge in [0.2, 0.25) is 0 Å². The van der Waals surface area contributed by atoms with Crippen LogP contribution in [0.25, 0.3) is 6.08 Å². The summed E-state index contributed by atoms with van der Waals surface area (Å²) in [6.45, 7) is 0. The van der Waals surface area contributed by atoms with E-state index >= 15 is 0 Å². The van der Waals surface area contributed by atoms with Crippen LogP contribution in [0, 0.1) is 0 Å². The Morgan fingerprint density at radius 1 is 0.457 bits per heavy atom. The normalized spacial score (nSPS) is 11.7. The van der Waals surface area contributed by atoms with Gasteiger partial charge in [0.1, 0.15) is 0 Å². The summed E-state index contributed by atoms with van der Waals surface area (Å²) in [7, 11) is 0. The summed E-state index contributed by atoms with van der Waals surface area (Å²) in [5, 5.41) is 0. The van der Waals surface area contributed by atoms with E-state index < -0.39 is 18.4 Å². The molecule has 0 aliphatic heterocycles. The number of hydrogen-bond acceptors (Lipinski definition) is 1. The van der Waals surface area contributed by atoms with E-state index in [1.165, 1.54) is 10.7 Å². The maximum absolute atomic E-state index is 14.5. The fourth-order valence-corrected chi connectivity index (χ4v) is 18.8. The molecule has 35 heavy (non-hydrogen) atoms. The number of hydrogen-bond donors (Lipinski definition) is 0. The van der Waals surface area contributed by atoms with Crippen molar-refractivity contribution in [3.05, 3.63) is 166 Å². The van der Waals surface area contributed by atoms with Crippen LogP contribution in [0.3, 0.4) is 0 Å². The molecule has 0 aliphatic carbocycles. The van der Waals surface area contributed by atoms with Crippen molar-refractivity contribution in [1.29, 1.82) is 0 Å². The fourth-order valence-electron chi connectivity index (χ4n) is 4.84. The van der Waals surface area contributed by atoms with Crippen molar-refractivity contribution in [2.75, 3.05) is 0 Å². The van der Waals surface area contributed by atoms with Gasteiger partial charge in [-0.2, -0.15) is 0 Å². The predicted octanol–water partition coefficient (Wildman–Crippen LogP) is 5.66. The second kappa shape index (κ2) is 10.7. The Morgan fingerprint density at radius 3 is 1.20 bits per heavy atom. The summed E-state index contributed by atoms with van der Waals surface area (Å²) in [6.07, 6.45) is 2.15. The van der Waals surface area contributed by atoms with Gasteiger partial charge in [-0.3, -0.25) is 0 Å². The van der Waals surface area contributed by atoms with Crippen LogP contribution in [0.4, 0.5) is 0 Å². The van der Waals surface area contributed by atoms with Crippen molar-refractivity contribution in [2.45, 2.75) is 0 Å². The minimum atomic E-state index is -4.07. The average molecular weight is 557 g/mol. The molecule has 2 heteroatoms. The average Bonchev–Trinajstić information content (AvgIpc) is 2.95. The van der Waals surface area contributed by atoms with Gasteiger partial charge in [0.15, 0.2) is 0 Å². The Kier molecular flexibility index (Phi) is 7.06. The molecule has 0 aromatic heterocycles. The summed E-state index contributed by atoms with van der Waals surface area (Å²) in [5.74, 6) is 0.0989. The van der Waals surface area contributed by atoms with Crippen LogP contribution in [-0.2, 0) is 0 Å². The summed E-state index contributed by atoms with van der Waals surface area (Å²) in [6, 6.07) is 52.0. The van der Waals surface area contributed by atoms with Gasteiger partial charge in [0.25, 0.3) is 0 Å². The zero-order valence-corrected chi connectivity index (χ0v) is 22.3. The van der Waals surface area contributed by atoms with Crippen LogP contribution in [0.2, 0.25) is 0 Å². The van der Waals surface area contributed by atoms with Crippen molar-refractivity contribution in [3.8, 4) is 0 Å². The predicted molar refractivity (Wildman–Crippen MR) is 149 cm³/mol. The van der Waals surface area contributed by atoms with Crippen LogP contribution in [0.1, 0.15) is 15.9 Å². The summed E-state index contributed by atoms with van der Waals surface area (Å²) in [5.41, 5.74) is 1.76. The Bertz CT molecular complexity index is 1320. The Balaban J connectivity index is 1.92. The van der Waals surface area contributed by atoms with Crippen molar-refractivity contribution in [2.24, 2.45) is 0 Å². The molecule has 0 saturated heterocycles. The second-order valence-corrected chi connectivity index (χ2v) is 19.3. The molecular formula is C33H26OSn. The maximum atomic E-state index is 14.5. The molecule has 5 aromatic carbocycles. The second-order valence-electron chi connectivity index (χ2n) is 8.51. The molecule has 5 aromatic rings. The van der Waals surface area contributed by atoms with Crippen molar-refractivity contribution >= 4 is 41.0 Å². The molecule has 0 aliphatic rings. The Hall–Kier alpha value is -3.69. The number of Topliss-reactive ketones (excluding diaryl/α,β-unsaturated/α-hetero) is 1. The first-order chi connectivity index (χ1) is 17.3. The molecule has 5 rings (SSSR count). The van der Waals surface area contributed by atoms with Crippen LogP contribution >= 0.6 is 0 Å². The summed E-state index contributed by atoms with van der Waals surface area (Å²) < 4.78 is 4.68.